The van der Waals surface area contributed by atoms with Crippen LogP contribution in [0.2, 0.25) is 5.02 Å². The molecule has 2 aromatic rings. The number of anilines is 1. The highest BCUT2D eigenvalue weighted by Crippen LogP contribution is 2.13. The number of aliphatic imine (C=N–C) groups is 1. The van der Waals surface area contributed by atoms with E-state index in [0.29, 0.717) is 11.0 Å². The molecule has 0 atom stereocenters. The number of nitrogens with zero attached hydrogens (tertiary/aromatic N) is 3. The van der Waals surface area contributed by atoms with Crippen molar-refractivity contribution < 1.29 is 0 Å². The third-order valence-corrected chi connectivity index (χ3v) is 2.56. The summed E-state index contributed by atoms with van der Waals surface area (Å²) >= 11 is 5.80. The second-order valence-corrected chi connectivity index (χ2v) is 4.52. The Balaban J connectivity index is 2.16. The average Bonchev–Trinajstić information content (AvgIpc) is 2.30. The maximum Gasteiger partial charge on any atom is 0.253 e. The van der Waals surface area contributed by atoms with E-state index < -0.39 is 0 Å². The highest BCUT2D eigenvalue weighted by Gasteiger charge is 2.00. The highest BCUT2D eigenvalue weighted by molar-refractivity contribution is 6.30. The summed E-state index contributed by atoms with van der Waals surface area (Å²) in [5.74, 6) is 0.573. The van der Waals surface area contributed by atoms with Crippen LogP contribution in [0.5, 0.6) is 0 Å². The molecule has 5 nitrogen and oxygen atoms in total. The van der Waals surface area contributed by atoms with Crippen LogP contribution in [0.1, 0.15) is 11.4 Å². The molecule has 0 radical (unpaired) electrons. The maximum absolute atomic E-state index is 5.80. The van der Waals surface area contributed by atoms with Crippen molar-refractivity contribution in [2.75, 3.05) is 5.32 Å². The molecule has 3 N–H and O–H groups in total. The average molecular weight is 276 g/mol. The molecule has 0 saturated carbocycles. The molecule has 0 bridgehead atoms. The fraction of sp³-hybridized carbons (Fsp3) is 0.154. The summed E-state index contributed by atoms with van der Waals surface area (Å²) in [7, 11) is 0. The van der Waals surface area contributed by atoms with E-state index in [2.05, 4.69) is 20.3 Å². The standard InChI is InChI=1S/C13H14ClN5/c1-8-7-9(2)17-13(16-8)19-12(15)18-11-5-3-10(14)4-6-11/h3-7H,1-2H3,(H3,15,16,17,18,19). The van der Waals surface area contributed by atoms with Crippen molar-refractivity contribution in [3.05, 3.63) is 46.7 Å². The lowest BCUT2D eigenvalue weighted by molar-refractivity contribution is 1.04. The minimum Gasteiger partial charge on any atom is -0.369 e. The van der Waals surface area contributed by atoms with Gasteiger partial charge < -0.3 is 11.1 Å². The van der Waals surface area contributed by atoms with Crippen LogP contribution in [-0.4, -0.2) is 15.9 Å². The fourth-order valence-corrected chi connectivity index (χ4v) is 1.70. The lowest BCUT2D eigenvalue weighted by atomic mass is 10.3. The Kier molecular flexibility index (Phi) is 3.97. The van der Waals surface area contributed by atoms with Crippen molar-refractivity contribution >= 4 is 29.2 Å². The zero-order chi connectivity index (χ0) is 13.8. The normalized spacial score (nSPS) is 11.4. The van der Waals surface area contributed by atoms with Gasteiger partial charge in [0.2, 0.25) is 5.96 Å². The molecule has 0 spiro atoms. The Labute approximate surface area is 116 Å². The van der Waals surface area contributed by atoms with Gasteiger partial charge in [-0.15, -0.1) is 0 Å². The van der Waals surface area contributed by atoms with Crippen LogP contribution in [0.3, 0.4) is 0 Å². The molecular weight excluding hydrogens is 262 g/mol. The lowest BCUT2D eigenvalue weighted by Crippen LogP contribution is -2.22. The first-order chi connectivity index (χ1) is 9.02. The van der Waals surface area contributed by atoms with Crippen molar-refractivity contribution in [3.8, 4) is 0 Å². The summed E-state index contributed by atoms with van der Waals surface area (Å²) in [5.41, 5.74) is 8.31. The van der Waals surface area contributed by atoms with E-state index in [0.717, 1.165) is 17.1 Å². The van der Waals surface area contributed by atoms with Crippen LogP contribution in [-0.2, 0) is 0 Å². The van der Waals surface area contributed by atoms with Crippen molar-refractivity contribution in [2.24, 2.45) is 10.7 Å². The molecule has 0 unspecified atom stereocenters. The second kappa shape index (κ2) is 5.67. The van der Waals surface area contributed by atoms with Gasteiger partial charge in [0.25, 0.3) is 5.95 Å². The number of nitrogens with one attached hydrogen (secondary N) is 1. The number of hydrogen-bond donors (Lipinski definition) is 2. The number of guanidine groups is 1. The van der Waals surface area contributed by atoms with Crippen molar-refractivity contribution in [1.82, 2.24) is 9.97 Å². The molecule has 0 amide bonds. The molecule has 1 aromatic carbocycles. The molecule has 0 aliphatic heterocycles. The van der Waals surface area contributed by atoms with Crippen LogP contribution in [0, 0.1) is 13.8 Å². The van der Waals surface area contributed by atoms with Crippen LogP contribution < -0.4 is 11.1 Å². The predicted octanol–water partition coefficient (Wildman–Crippen LogP) is 2.81. The predicted molar refractivity (Wildman–Crippen MR) is 77.9 cm³/mol. The molecule has 0 fully saturated rings. The second-order valence-electron chi connectivity index (χ2n) is 4.08. The molecule has 0 aliphatic carbocycles. The Hall–Kier alpha value is -2.14. The minimum atomic E-state index is 0.229. The monoisotopic (exact) mass is 275 g/mol. The van der Waals surface area contributed by atoms with Crippen LogP contribution >= 0.6 is 11.6 Å². The zero-order valence-electron chi connectivity index (χ0n) is 10.7. The van der Waals surface area contributed by atoms with E-state index in [1.54, 1.807) is 12.1 Å². The van der Waals surface area contributed by atoms with E-state index in [1.807, 2.05) is 32.0 Å². The number of aromatic nitrogens is 2. The fourth-order valence-electron chi connectivity index (χ4n) is 1.57. The molecule has 1 aromatic heterocycles. The van der Waals surface area contributed by atoms with E-state index in [-0.39, 0.29) is 5.96 Å². The molecule has 2 rings (SSSR count). The number of nitrogens with two attached hydrogens (primary N) is 1. The molecule has 0 aliphatic rings. The Morgan fingerprint density at radius 2 is 1.74 bits per heavy atom. The quantitative estimate of drug-likeness (QED) is 0.653. The minimum absolute atomic E-state index is 0.229. The molecular formula is C13H14ClN5. The number of halogens is 1. The lowest BCUT2D eigenvalue weighted by Gasteiger charge is -2.05. The topological polar surface area (TPSA) is 76.2 Å². The van der Waals surface area contributed by atoms with Gasteiger partial charge in [-0.25, -0.2) is 9.97 Å². The Morgan fingerprint density at radius 3 is 2.32 bits per heavy atom. The number of benzene rings is 1. The van der Waals surface area contributed by atoms with Gasteiger partial charge in [0.15, 0.2) is 0 Å². The number of hydrogen-bond acceptors (Lipinski definition) is 3. The van der Waals surface area contributed by atoms with E-state index in [4.69, 9.17) is 17.3 Å². The maximum atomic E-state index is 5.80. The summed E-state index contributed by atoms with van der Waals surface area (Å²) in [6.07, 6.45) is 0. The number of aryl methyl sites for hydroxylation is 2. The van der Waals surface area contributed by atoms with Crippen LogP contribution in [0.25, 0.3) is 0 Å². The molecule has 19 heavy (non-hydrogen) atoms. The first-order valence-corrected chi connectivity index (χ1v) is 6.10. The molecule has 1 heterocycles. The Morgan fingerprint density at radius 1 is 1.16 bits per heavy atom. The third-order valence-electron chi connectivity index (χ3n) is 2.31. The van der Waals surface area contributed by atoms with Gasteiger partial charge in [0.05, 0.1) is 0 Å². The molecule has 0 saturated heterocycles. The molecule has 98 valence electrons. The first-order valence-electron chi connectivity index (χ1n) is 5.72. The molecule has 6 heteroatoms. The number of rotatable bonds is 2. The summed E-state index contributed by atoms with van der Waals surface area (Å²) in [6.45, 7) is 3.77. The van der Waals surface area contributed by atoms with E-state index in [1.165, 1.54) is 0 Å². The van der Waals surface area contributed by atoms with E-state index >= 15 is 0 Å². The van der Waals surface area contributed by atoms with Gasteiger partial charge in [0.1, 0.15) is 0 Å². The first kappa shape index (κ1) is 13.3. The van der Waals surface area contributed by atoms with Gasteiger partial charge in [0, 0.05) is 22.1 Å². The van der Waals surface area contributed by atoms with Crippen molar-refractivity contribution in [3.63, 3.8) is 0 Å². The third kappa shape index (κ3) is 3.93. The van der Waals surface area contributed by atoms with Crippen molar-refractivity contribution in [1.29, 1.82) is 0 Å². The van der Waals surface area contributed by atoms with Gasteiger partial charge in [-0.05, 0) is 44.2 Å². The summed E-state index contributed by atoms with van der Waals surface area (Å²) in [6, 6.07) is 9.04. The SMILES string of the molecule is Cc1cc(C)nc(/N=C(/N)Nc2ccc(Cl)cc2)n1. The highest BCUT2D eigenvalue weighted by atomic mass is 35.5. The smallest absolute Gasteiger partial charge is 0.253 e. The zero-order valence-corrected chi connectivity index (χ0v) is 11.4. The van der Waals surface area contributed by atoms with Crippen molar-refractivity contribution in [2.45, 2.75) is 13.8 Å². The summed E-state index contributed by atoms with van der Waals surface area (Å²) in [4.78, 5) is 12.5. The van der Waals surface area contributed by atoms with Gasteiger partial charge >= 0.3 is 0 Å². The van der Waals surface area contributed by atoms with Crippen LogP contribution in [0.15, 0.2) is 35.3 Å². The van der Waals surface area contributed by atoms with Crippen LogP contribution in [0.4, 0.5) is 11.6 Å². The van der Waals surface area contributed by atoms with Gasteiger partial charge in [-0.1, -0.05) is 11.6 Å². The summed E-state index contributed by atoms with van der Waals surface area (Å²) in [5, 5.41) is 3.61. The van der Waals surface area contributed by atoms with E-state index in [9.17, 15) is 0 Å². The van der Waals surface area contributed by atoms with Gasteiger partial charge in [-0.3, -0.25) is 0 Å². The summed E-state index contributed by atoms with van der Waals surface area (Å²) < 4.78 is 0. The largest absolute Gasteiger partial charge is 0.369 e. The Bertz CT molecular complexity index is 587. The van der Waals surface area contributed by atoms with Gasteiger partial charge in [-0.2, -0.15) is 4.99 Å².